The van der Waals surface area contributed by atoms with Crippen molar-refractivity contribution >= 4 is 36.0 Å². The molecular formula is C11H16ClNS2. The van der Waals surface area contributed by atoms with Gasteiger partial charge in [0.05, 0.1) is 5.02 Å². The standard InChI is InChI=1S/C11H16ClNS2/c1-8(2)9(6-14)7-15-11-10(12)4-3-5-13-11/h3-5,8-9,14H,6-7H2,1-2H3. The summed E-state index contributed by atoms with van der Waals surface area (Å²) in [5.74, 6) is 3.20. The number of halogens is 1. The van der Waals surface area contributed by atoms with Crippen molar-refractivity contribution in [1.82, 2.24) is 4.98 Å². The largest absolute Gasteiger partial charge is 0.248 e. The summed E-state index contributed by atoms with van der Waals surface area (Å²) in [6.45, 7) is 4.45. The van der Waals surface area contributed by atoms with Crippen molar-refractivity contribution in [3.05, 3.63) is 23.4 Å². The number of thioether (sulfide) groups is 1. The Balaban J connectivity index is 2.53. The zero-order valence-electron chi connectivity index (χ0n) is 8.98. The van der Waals surface area contributed by atoms with Gasteiger partial charge in [-0.25, -0.2) is 4.98 Å². The van der Waals surface area contributed by atoms with Crippen LogP contribution in [0.1, 0.15) is 13.8 Å². The summed E-state index contributed by atoms with van der Waals surface area (Å²) < 4.78 is 0. The third-order valence-corrected chi connectivity index (χ3v) is 4.42. The third-order valence-electron chi connectivity index (χ3n) is 2.34. The minimum absolute atomic E-state index is 0.608. The molecule has 84 valence electrons. The predicted octanol–water partition coefficient (Wildman–Crippen LogP) is 4.03. The fourth-order valence-corrected chi connectivity index (χ4v) is 3.35. The molecule has 1 aromatic heterocycles. The zero-order chi connectivity index (χ0) is 11.3. The van der Waals surface area contributed by atoms with Crippen LogP contribution in [0, 0.1) is 11.8 Å². The maximum atomic E-state index is 6.03. The topological polar surface area (TPSA) is 12.9 Å². The quantitative estimate of drug-likeness (QED) is 0.635. The van der Waals surface area contributed by atoms with Crippen LogP contribution < -0.4 is 0 Å². The SMILES string of the molecule is CC(C)C(CS)CSc1ncccc1Cl. The average molecular weight is 262 g/mol. The number of nitrogens with zero attached hydrogens (tertiary/aromatic N) is 1. The van der Waals surface area contributed by atoms with E-state index in [9.17, 15) is 0 Å². The van der Waals surface area contributed by atoms with Crippen LogP contribution in [0.3, 0.4) is 0 Å². The van der Waals surface area contributed by atoms with E-state index in [0.717, 1.165) is 21.6 Å². The normalized spacial score (nSPS) is 13.1. The highest BCUT2D eigenvalue weighted by atomic mass is 35.5. The summed E-state index contributed by atoms with van der Waals surface area (Å²) in [4.78, 5) is 4.25. The number of aromatic nitrogens is 1. The molecule has 0 aliphatic carbocycles. The Hall–Kier alpha value is 0.140. The van der Waals surface area contributed by atoms with Crippen LogP contribution in [0.25, 0.3) is 0 Å². The molecule has 15 heavy (non-hydrogen) atoms. The Morgan fingerprint density at radius 2 is 2.27 bits per heavy atom. The molecule has 0 aliphatic rings. The molecule has 0 saturated carbocycles. The second-order valence-corrected chi connectivity index (χ2v) is 5.57. The van der Waals surface area contributed by atoms with Gasteiger partial charge >= 0.3 is 0 Å². The summed E-state index contributed by atoms with van der Waals surface area (Å²) in [6, 6.07) is 3.73. The molecule has 1 aromatic rings. The van der Waals surface area contributed by atoms with Gasteiger partial charge in [-0.05, 0) is 29.7 Å². The number of hydrogen-bond donors (Lipinski definition) is 1. The van der Waals surface area contributed by atoms with Crippen LogP contribution in [-0.4, -0.2) is 16.5 Å². The van der Waals surface area contributed by atoms with Gasteiger partial charge in [-0.3, -0.25) is 0 Å². The van der Waals surface area contributed by atoms with E-state index in [4.69, 9.17) is 11.6 Å². The van der Waals surface area contributed by atoms with E-state index in [-0.39, 0.29) is 0 Å². The molecule has 0 fully saturated rings. The van der Waals surface area contributed by atoms with Crippen LogP contribution in [0.5, 0.6) is 0 Å². The van der Waals surface area contributed by atoms with Gasteiger partial charge in [-0.15, -0.1) is 11.8 Å². The maximum Gasteiger partial charge on any atom is 0.115 e. The van der Waals surface area contributed by atoms with Gasteiger partial charge in [-0.1, -0.05) is 25.4 Å². The second kappa shape index (κ2) is 6.66. The Bertz CT molecular complexity index is 304. The lowest BCUT2D eigenvalue weighted by atomic mass is 10.0. The van der Waals surface area contributed by atoms with Crippen molar-refractivity contribution in [2.75, 3.05) is 11.5 Å². The highest BCUT2D eigenvalue weighted by Crippen LogP contribution is 2.28. The molecule has 0 aromatic carbocycles. The first-order chi connectivity index (χ1) is 7.15. The van der Waals surface area contributed by atoms with Gasteiger partial charge in [0, 0.05) is 11.9 Å². The smallest absolute Gasteiger partial charge is 0.115 e. The number of rotatable bonds is 5. The van der Waals surface area contributed by atoms with Gasteiger partial charge in [0.25, 0.3) is 0 Å². The van der Waals surface area contributed by atoms with E-state index >= 15 is 0 Å². The number of pyridine rings is 1. The van der Waals surface area contributed by atoms with Gasteiger partial charge in [0.15, 0.2) is 0 Å². The van der Waals surface area contributed by atoms with Crippen molar-refractivity contribution in [2.24, 2.45) is 11.8 Å². The van der Waals surface area contributed by atoms with E-state index in [1.807, 2.05) is 12.1 Å². The molecule has 1 nitrogen and oxygen atoms in total. The zero-order valence-corrected chi connectivity index (χ0v) is 11.4. The molecule has 0 amide bonds. The second-order valence-electron chi connectivity index (χ2n) is 3.79. The van der Waals surface area contributed by atoms with Crippen molar-refractivity contribution in [2.45, 2.75) is 18.9 Å². The van der Waals surface area contributed by atoms with Gasteiger partial charge in [-0.2, -0.15) is 12.6 Å². The van der Waals surface area contributed by atoms with Crippen LogP contribution in [-0.2, 0) is 0 Å². The fraction of sp³-hybridized carbons (Fsp3) is 0.545. The fourth-order valence-electron chi connectivity index (χ4n) is 1.12. The molecule has 0 spiro atoms. The molecule has 0 bridgehead atoms. The molecule has 4 heteroatoms. The van der Waals surface area contributed by atoms with Gasteiger partial charge in [0.1, 0.15) is 5.03 Å². The lowest BCUT2D eigenvalue weighted by Crippen LogP contribution is -2.13. The summed E-state index contributed by atoms with van der Waals surface area (Å²) in [5, 5.41) is 1.66. The van der Waals surface area contributed by atoms with Crippen LogP contribution in [0.15, 0.2) is 23.4 Å². The van der Waals surface area contributed by atoms with E-state index in [1.165, 1.54) is 0 Å². The Labute approximate surface area is 106 Å². The lowest BCUT2D eigenvalue weighted by molar-refractivity contribution is 0.473. The molecule has 1 atom stereocenters. The van der Waals surface area contributed by atoms with E-state index in [0.29, 0.717) is 11.8 Å². The van der Waals surface area contributed by atoms with E-state index in [1.54, 1.807) is 18.0 Å². The Kier molecular flexibility index (Phi) is 5.87. The van der Waals surface area contributed by atoms with E-state index in [2.05, 4.69) is 31.5 Å². The molecule has 0 aliphatic heterocycles. The summed E-state index contributed by atoms with van der Waals surface area (Å²) >= 11 is 12.1. The highest BCUT2D eigenvalue weighted by molar-refractivity contribution is 7.99. The minimum atomic E-state index is 0.608. The molecule has 0 N–H and O–H groups in total. The highest BCUT2D eigenvalue weighted by Gasteiger charge is 2.13. The maximum absolute atomic E-state index is 6.03. The number of thiol groups is 1. The third kappa shape index (κ3) is 4.25. The van der Waals surface area contributed by atoms with Crippen molar-refractivity contribution < 1.29 is 0 Å². The van der Waals surface area contributed by atoms with Gasteiger partial charge in [0.2, 0.25) is 0 Å². The predicted molar refractivity (Wildman–Crippen MR) is 72.2 cm³/mol. The first kappa shape index (κ1) is 13.2. The Morgan fingerprint density at radius 1 is 1.53 bits per heavy atom. The first-order valence-corrected chi connectivity index (χ1v) is 6.99. The van der Waals surface area contributed by atoms with Crippen molar-refractivity contribution in [1.29, 1.82) is 0 Å². The van der Waals surface area contributed by atoms with Crippen LogP contribution in [0.2, 0.25) is 5.02 Å². The monoisotopic (exact) mass is 261 g/mol. The average Bonchev–Trinajstić information content (AvgIpc) is 2.21. The molecular weight excluding hydrogens is 246 g/mol. The number of hydrogen-bond acceptors (Lipinski definition) is 3. The first-order valence-electron chi connectivity index (χ1n) is 4.99. The van der Waals surface area contributed by atoms with Crippen LogP contribution >= 0.6 is 36.0 Å². The molecule has 0 saturated heterocycles. The van der Waals surface area contributed by atoms with Crippen molar-refractivity contribution in [3.8, 4) is 0 Å². The van der Waals surface area contributed by atoms with Crippen molar-refractivity contribution in [3.63, 3.8) is 0 Å². The summed E-state index contributed by atoms with van der Waals surface area (Å²) in [5.41, 5.74) is 0. The molecule has 1 unspecified atom stereocenters. The summed E-state index contributed by atoms with van der Waals surface area (Å²) in [7, 11) is 0. The lowest BCUT2D eigenvalue weighted by Gasteiger charge is -2.17. The molecule has 0 radical (unpaired) electrons. The molecule has 1 heterocycles. The molecule has 1 rings (SSSR count). The summed E-state index contributed by atoms with van der Waals surface area (Å²) in [6.07, 6.45) is 1.78. The van der Waals surface area contributed by atoms with E-state index < -0.39 is 0 Å². The van der Waals surface area contributed by atoms with Gasteiger partial charge < -0.3 is 0 Å². The minimum Gasteiger partial charge on any atom is -0.248 e. The van der Waals surface area contributed by atoms with Crippen LogP contribution in [0.4, 0.5) is 0 Å². The Morgan fingerprint density at radius 3 is 2.80 bits per heavy atom.